The molecule has 0 saturated carbocycles. The zero-order chi connectivity index (χ0) is 80.2. The van der Waals surface area contributed by atoms with E-state index in [0.29, 0.717) is 62.0 Å². The molecular weight excluding hydrogens is 1500 g/mol. The number of halogens is 13. The molecule has 0 spiro atoms. The number of aromatic amines is 1. The van der Waals surface area contributed by atoms with Crippen LogP contribution in [0.2, 0.25) is 5.02 Å². The molecule has 3 aliphatic heterocycles. The van der Waals surface area contributed by atoms with Gasteiger partial charge in [-0.15, -0.1) is 0 Å². The van der Waals surface area contributed by atoms with Crippen molar-refractivity contribution < 1.29 is 71.8 Å². The molecule has 9 aromatic carbocycles. The number of nitrogens with one attached hydrogen (secondary N) is 4. The Balaban J connectivity index is 0.000000168. The van der Waals surface area contributed by atoms with Crippen LogP contribution in [0.1, 0.15) is 102 Å². The van der Waals surface area contributed by atoms with Crippen molar-refractivity contribution in [2.45, 2.75) is 121 Å². The minimum atomic E-state index is -4.73. The molecule has 3 saturated heterocycles. The molecule has 0 radical (unpaired) electrons. The highest BCUT2D eigenvalue weighted by Crippen LogP contribution is 2.37. The molecule has 1 unspecified atom stereocenters. The number of hydrogen-bond acceptors (Lipinski definition) is 7. The molecule has 113 heavy (non-hydrogen) atoms. The number of amides is 6. The van der Waals surface area contributed by atoms with Crippen molar-refractivity contribution in [2.75, 3.05) is 55.2 Å². The van der Waals surface area contributed by atoms with Crippen molar-refractivity contribution in [2.24, 2.45) is 0 Å². The SMILES string of the molecule is CC(c1ccc(Cl)cc1)N1CCC(N(Cc2ccccc2)C(=O)Nc2cc(F)cc(C(F)(F)F)c2)CC1.O=C(Nc1cc(F)cc(C(F)(F)F)c1)N(Cc1ccccc1)C1CCN(Cc2ccc[nH]2)CC1.O=C(Nc1cc(F)cc(C(F)(F)F)c1)N(Cc1ccccc1)C1CCN(Cc2cccc(Oc3ccccc3)c2)CC1. The summed E-state index contributed by atoms with van der Waals surface area (Å²) in [6.45, 7) is 8.98. The minimum Gasteiger partial charge on any atom is -0.457 e. The van der Waals surface area contributed by atoms with Crippen LogP contribution in [0, 0.1) is 17.5 Å². The Hall–Kier alpha value is -10.8. The third-order valence-electron chi connectivity index (χ3n) is 20.0. The summed E-state index contributed by atoms with van der Waals surface area (Å²) in [4.78, 5) is 55.0. The van der Waals surface area contributed by atoms with E-state index in [2.05, 4.69) is 42.6 Å². The molecule has 6 amide bonds. The van der Waals surface area contributed by atoms with Crippen LogP contribution >= 0.6 is 11.6 Å². The fraction of sp³-hybridized carbons (Fsp3) is 0.291. The maximum absolute atomic E-state index is 14.0. The Bertz CT molecular complexity index is 4680. The number of anilines is 3. The summed E-state index contributed by atoms with van der Waals surface area (Å²) < 4.78 is 166. The van der Waals surface area contributed by atoms with Gasteiger partial charge in [0.1, 0.15) is 29.0 Å². The van der Waals surface area contributed by atoms with Gasteiger partial charge in [-0.3, -0.25) is 14.7 Å². The van der Waals surface area contributed by atoms with E-state index >= 15 is 0 Å². The first-order valence-corrected chi connectivity index (χ1v) is 37.3. The zero-order valence-corrected chi connectivity index (χ0v) is 62.4. The molecule has 4 heterocycles. The number of H-pyrrole nitrogens is 1. The predicted molar refractivity (Wildman–Crippen MR) is 412 cm³/mol. The number of carbonyl (C=O) groups is 3. The minimum absolute atomic E-state index is 0.101. The highest BCUT2D eigenvalue weighted by atomic mass is 35.5. The van der Waals surface area contributed by atoms with Crippen molar-refractivity contribution >= 4 is 46.8 Å². The quantitative estimate of drug-likeness (QED) is 0.0559. The lowest BCUT2D eigenvalue weighted by Crippen LogP contribution is -2.48. The van der Waals surface area contributed by atoms with Crippen LogP contribution in [0.4, 0.5) is 84.1 Å². The molecule has 3 aliphatic rings. The van der Waals surface area contributed by atoms with E-state index in [1.807, 2.05) is 188 Å². The van der Waals surface area contributed by atoms with Gasteiger partial charge in [-0.1, -0.05) is 145 Å². The lowest BCUT2D eigenvalue weighted by Gasteiger charge is -2.41. The van der Waals surface area contributed by atoms with E-state index in [0.717, 1.165) is 140 Å². The number of benzene rings is 9. The number of alkyl halides is 9. The Labute approximate surface area is 652 Å². The van der Waals surface area contributed by atoms with E-state index in [-0.39, 0.29) is 54.3 Å². The van der Waals surface area contributed by atoms with Crippen LogP contribution in [0.25, 0.3) is 0 Å². The smallest absolute Gasteiger partial charge is 0.416 e. The first kappa shape index (κ1) is 83.1. The third-order valence-corrected chi connectivity index (χ3v) is 20.2. The second-order valence-corrected chi connectivity index (χ2v) is 28.5. The highest BCUT2D eigenvalue weighted by Gasteiger charge is 2.37. The van der Waals surface area contributed by atoms with Gasteiger partial charge in [-0.25, -0.2) is 27.6 Å². The van der Waals surface area contributed by atoms with Crippen molar-refractivity contribution in [3.8, 4) is 11.5 Å². The predicted octanol–water partition coefficient (Wildman–Crippen LogP) is 22.0. The molecule has 0 bridgehead atoms. The van der Waals surface area contributed by atoms with Gasteiger partial charge in [-0.05, 0) is 176 Å². The molecule has 13 rings (SSSR count). The third kappa shape index (κ3) is 24.8. The van der Waals surface area contributed by atoms with Gasteiger partial charge in [0.05, 0.1) is 16.7 Å². The van der Waals surface area contributed by atoms with Crippen LogP contribution in [0.5, 0.6) is 11.5 Å². The van der Waals surface area contributed by atoms with Crippen LogP contribution < -0.4 is 20.7 Å². The van der Waals surface area contributed by atoms with Crippen LogP contribution in [-0.4, -0.2) is 110 Å². The average Bonchev–Trinajstić information content (AvgIpc) is 1.08. The number of likely N-dealkylation sites (tertiary alicyclic amines) is 3. The van der Waals surface area contributed by atoms with Gasteiger partial charge >= 0.3 is 36.6 Å². The number of piperidine rings is 3. The fourth-order valence-corrected chi connectivity index (χ4v) is 14.2. The number of para-hydroxylation sites is 1. The Morgan fingerprint density at radius 3 is 1.15 bits per heavy atom. The van der Waals surface area contributed by atoms with Crippen LogP contribution in [0.3, 0.4) is 0 Å². The molecule has 1 atom stereocenters. The number of aromatic nitrogens is 1. The molecule has 594 valence electrons. The first-order valence-electron chi connectivity index (χ1n) is 37.0. The number of hydrogen-bond donors (Lipinski definition) is 4. The highest BCUT2D eigenvalue weighted by molar-refractivity contribution is 6.30. The van der Waals surface area contributed by atoms with E-state index in [1.54, 1.807) is 14.7 Å². The zero-order valence-electron chi connectivity index (χ0n) is 61.7. The van der Waals surface area contributed by atoms with Gasteiger partial charge in [0, 0.05) is 130 Å². The average molecular weight is 1590 g/mol. The summed E-state index contributed by atoms with van der Waals surface area (Å²) in [7, 11) is 0. The van der Waals surface area contributed by atoms with Crippen molar-refractivity contribution in [3.63, 3.8) is 0 Å². The lowest BCUT2D eigenvalue weighted by atomic mass is 9.98. The molecule has 4 N–H and O–H groups in total. The van der Waals surface area contributed by atoms with Crippen molar-refractivity contribution in [1.82, 2.24) is 34.4 Å². The summed E-state index contributed by atoms with van der Waals surface area (Å²) >= 11 is 6.02. The number of ether oxygens (including phenoxy) is 1. The number of urea groups is 3. The summed E-state index contributed by atoms with van der Waals surface area (Å²) in [6, 6.07) is 61.7. The summed E-state index contributed by atoms with van der Waals surface area (Å²) in [5, 5.41) is 8.18. The van der Waals surface area contributed by atoms with E-state index < -0.39 is 70.8 Å². The van der Waals surface area contributed by atoms with E-state index in [9.17, 15) is 67.1 Å². The second-order valence-electron chi connectivity index (χ2n) is 28.1. The van der Waals surface area contributed by atoms with Crippen LogP contribution in [0.15, 0.2) is 243 Å². The molecular formula is C86H85ClF12N10O4. The molecule has 14 nitrogen and oxygen atoms in total. The summed E-state index contributed by atoms with van der Waals surface area (Å²) in [5.74, 6) is -1.67. The number of rotatable bonds is 20. The monoisotopic (exact) mass is 1580 g/mol. The molecule has 1 aromatic heterocycles. The van der Waals surface area contributed by atoms with Crippen molar-refractivity contribution in [1.29, 1.82) is 0 Å². The second kappa shape index (κ2) is 38.6. The van der Waals surface area contributed by atoms with Gasteiger partial charge in [0.2, 0.25) is 0 Å². The van der Waals surface area contributed by atoms with Gasteiger partial charge in [0.25, 0.3) is 0 Å². The fourth-order valence-electron chi connectivity index (χ4n) is 14.1. The maximum Gasteiger partial charge on any atom is 0.416 e. The number of carbonyl (C=O) groups excluding carboxylic acids is 3. The Morgan fingerprint density at radius 2 is 0.779 bits per heavy atom. The first-order chi connectivity index (χ1) is 54.1. The summed E-state index contributed by atoms with van der Waals surface area (Å²) in [6.07, 6.45) is -8.11. The Morgan fingerprint density at radius 1 is 0.425 bits per heavy atom. The van der Waals surface area contributed by atoms with Crippen LogP contribution in [-0.2, 0) is 51.3 Å². The standard InChI is InChI=1S/C33H31F4N3O2.C28H28ClF4N3O.C25H26F4N4O/c34-27-19-26(33(35,36)37)20-28(21-27)38-32(41)40(23-24-8-3-1-4-9-24)29-14-16-39(17-15-29)22-25-10-7-13-31(18-25)42-30-11-5-2-6-12-30;1-19(21-7-9-23(29)10-8-21)35-13-11-26(12-14-35)36(18-20-5-3-2-4-6-20)27(37)34-25-16-22(28(31,32)33)15-24(30)17-25;26-20-13-19(25(27,28)29)14-22(15-20)31-24(34)33(16-18-5-2-1-3-6-18)23-8-11-32(12-9-23)17-21-7-4-10-30-21/h1-13,18-21,29H,14-17,22-23H2,(H,38,41);2-10,15-17,19,26H,11-14,18H2,1H3,(H,34,37);1-7,10,13-15,23,30H,8-9,11-12,16-17H2,(H,31,34). The lowest BCUT2D eigenvalue weighted by molar-refractivity contribution is -0.138. The van der Waals surface area contributed by atoms with Gasteiger partial charge in [0.15, 0.2) is 0 Å². The van der Waals surface area contributed by atoms with Gasteiger partial charge in [-0.2, -0.15) is 39.5 Å². The van der Waals surface area contributed by atoms with Crippen molar-refractivity contribution in [3.05, 3.63) is 315 Å². The maximum atomic E-state index is 14.0. The Kier molecular flexibility index (Phi) is 28.4. The largest absolute Gasteiger partial charge is 0.457 e. The van der Waals surface area contributed by atoms with E-state index in [4.69, 9.17) is 16.3 Å². The topological polar surface area (TPSA) is 132 Å². The van der Waals surface area contributed by atoms with E-state index in [1.165, 1.54) is 0 Å². The normalized spacial score (nSPS) is 15.1. The van der Waals surface area contributed by atoms with Gasteiger partial charge < -0.3 is 40.4 Å². The molecule has 27 heteroatoms. The molecule has 10 aromatic rings. The molecule has 3 fully saturated rings. The molecule has 0 aliphatic carbocycles. The number of nitrogens with zero attached hydrogens (tertiary/aromatic N) is 6. The summed E-state index contributed by atoms with van der Waals surface area (Å²) in [5.41, 5.74) is 1.91.